The molecule has 0 atom stereocenters. The molecule has 114 valence electrons. The molecule has 0 N–H and O–H groups in total. The number of ether oxygens (including phenoxy) is 1. The number of rotatable bonds is 4. The summed E-state index contributed by atoms with van der Waals surface area (Å²) in [5, 5.41) is 0.221. The van der Waals surface area contributed by atoms with Crippen molar-refractivity contribution < 1.29 is 22.3 Å². The van der Waals surface area contributed by atoms with Gasteiger partial charge in [0.15, 0.2) is 16.7 Å². The molecule has 8 heteroatoms. The zero-order valence-corrected chi connectivity index (χ0v) is 12.1. The van der Waals surface area contributed by atoms with E-state index in [9.17, 15) is 17.6 Å². The first kappa shape index (κ1) is 15.6. The molecule has 0 amide bonds. The van der Waals surface area contributed by atoms with Crippen LogP contribution in [0.3, 0.4) is 0 Å². The minimum atomic E-state index is -4.40. The Kier molecular flexibility index (Phi) is 4.36. The molecule has 1 heterocycles. The van der Waals surface area contributed by atoms with Gasteiger partial charge in [-0.2, -0.15) is 13.2 Å². The maximum Gasteiger partial charge on any atom is 0.427 e. The molecule has 3 nitrogen and oxygen atoms in total. The fraction of sp³-hybridized carbons (Fsp3) is 0.308. The van der Waals surface area contributed by atoms with Crippen molar-refractivity contribution in [1.82, 2.24) is 4.98 Å². The lowest BCUT2D eigenvalue weighted by Gasteiger charge is -2.16. The lowest BCUT2D eigenvalue weighted by Crippen LogP contribution is -2.16. The molecule has 21 heavy (non-hydrogen) atoms. The molecule has 0 bridgehead atoms. The van der Waals surface area contributed by atoms with Gasteiger partial charge in [0.2, 0.25) is 0 Å². The second-order valence-electron chi connectivity index (χ2n) is 4.33. The Balaban J connectivity index is 2.12. The number of benzene rings is 1. The number of nitrogens with zero attached hydrogens (tertiary/aromatic N) is 2. The molecule has 2 aromatic rings. The Labute approximate surface area is 122 Å². The molecule has 0 unspecified atom stereocenters. The zero-order valence-electron chi connectivity index (χ0n) is 11.2. The van der Waals surface area contributed by atoms with Gasteiger partial charge in [-0.3, -0.25) is 0 Å². The number of thiazole rings is 1. The number of methoxy groups -OCH3 is 1. The highest BCUT2D eigenvalue weighted by Crippen LogP contribution is 2.36. The van der Waals surface area contributed by atoms with Gasteiger partial charge in [-0.15, -0.1) is 0 Å². The lowest BCUT2D eigenvalue weighted by molar-refractivity contribution is -0.134. The zero-order chi connectivity index (χ0) is 15.6. The summed E-state index contributed by atoms with van der Waals surface area (Å²) >= 11 is 0.550. The first-order valence-corrected chi connectivity index (χ1v) is 6.69. The van der Waals surface area contributed by atoms with Crippen molar-refractivity contribution in [1.29, 1.82) is 0 Å². The summed E-state index contributed by atoms with van der Waals surface area (Å²) in [6, 6.07) is 4.41. The molecule has 1 aromatic carbocycles. The first-order valence-electron chi connectivity index (χ1n) is 5.88. The summed E-state index contributed by atoms with van der Waals surface area (Å²) in [6.07, 6.45) is -3.60. The summed E-state index contributed by atoms with van der Waals surface area (Å²) in [6.45, 7) is 0.242. The summed E-state index contributed by atoms with van der Waals surface area (Å²) in [5.74, 6) is -0.395. The van der Waals surface area contributed by atoms with Gasteiger partial charge in [-0.25, -0.2) is 9.37 Å². The van der Waals surface area contributed by atoms with Crippen molar-refractivity contribution in [3.8, 4) is 5.75 Å². The summed E-state index contributed by atoms with van der Waals surface area (Å²) in [4.78, 5) is 4.51. The maximum atomic E-state index is 13.6. The molecule has 0 aliphatic rings. The Morgan fingerprint density at radius 3 is 2.57 bits per heavy atom. The van der Waals surface area contributed by atoms with Crippen molar-refractivity contribution in [2.45, 2.75) is 12.7 Å². The SMILES string of the molecule is COc1ccc(CN(C)c2ncc(C(F)(F)F)s2)cc1F. The normalized spacial score (nSPS) is 11.5. The van der Waals surface area contributed by atoms with E-state index in [1.807, 2.05) is 0 Å². The van der Waals surface area contributed by atoms with Crippen LogP contribution >= 0.6 is 11.3 Å². The van der Waals surface area contributed by atoms with Crippen LogP contribution in [0.25, 0.3) is 0 Å². The fourth-order valence-corrected chi connectivity index (χ4v) is 2.47. The topological polar surface area (TPSA) is 25.4 Å². The van der Waals surface area contributed by atoms with Gasteiger partial charge >= 0.3 is 6.18 Å². The Bertz CT molecular complexity index is 627. The Morgan fingerprint density at radius 1 is 1.33 bits per heavy atom. The van der Waals surface area contributed by atoms with Crippen LogP contribution in [0.5, 0.6) is 5.75 Å². The monoisotopic (exact) mass is 320 g/mol. The highest BCUT2D eigenvalue weighted by Gasteiger charge is 2.33. The van der Waals surface area contributed by atoms with E-state index in [0.717, 1.165) is 6.20 Å². The molecule has 1 aromatic heterocycles. The van der Waals surface area contributed by atoms with Crippen molar-refractivity contribution >= 4 is 16.5 Å². The highest BCUT2D eigenvalue weighted by atomic mass is 32.1. The minimum Gasteiger partial charge on any atom is -0.494 e. The first-order chi connectivity index (χ1) is 9.81. The van der Waals surface area contributed by atoms with E-state index >= 15 is 0 Å². The van der Waals surface area contributed by atoms with Gasteiger partial charge < -0.3 is 9.64 Å². The molecule has 0 aliphatic heterocycles. The minimum absolute atomic E-state index is 0.120. The van der Waals surface area contributed by atoms with Gasteiger partial charge in [0.05, 0.1) is 13.3 Å². The molecule has 0 saturated heterocycles. The molecule has 2 rings (SSSR count). The number of anilines is 1. The molecule has 0 spiro atoms. The molecule has 0 radical (unpaired) electrons. The predicted molar refractivity (Wildman–Crippen MR) is 72.2 cm³/mol. The third-order valence-corrected chi connectivity index (χ3v) is 3.89. The van der Waals surface area contributed by atoms with Crippen LogP contribution in [0.2, 0.25) is 0 Å². The summed E-state index contributed by atoms with van der Waals surface area (Å²) < 4.78 is 55.9. The van der Waals surface area contributed by atoms with Gasteiger partial charge in [0.1, 0.15) is 4.88 Å². The van der Waals surface area contributed by atoms with Crippen LogP contribution in [0.4, 0.5) is 22.7 Å². The number of halogens is 4. The van der Waals surface area contributed by atoms with Crippen LogP contribution in [0, 0.1) is 5.82 Å². The third kappa shape index (κ3) is 3.63. The number of hydrogen-bond donors (Lipinski definition) is 0. The van der Waals surface area contributed by atoms with Crippen molar-refractivity contribution in [2.75, 3.05) is 19.1 Å². The van der Waals surface area contributed by atoms with Crippen molar-refractivity contribution in [2.24, 2.45) is 0 Å². The molecule has 0 aliphatic carbocycles. The van der Waals surface area contributed by atoms with E-state index in [1.54, 1.807) is 13.1 Å². The van der Waals surface area contributed by atoms with Gasteiger partial charge in [0.25, 0.3) is 0 Å². The van der Waals surface area contributed by atoms with Gasteiger partial charge in [0, 0.05) is 13.6 Å². The quantitative estimate of drug-likeness (QED) is 0.798. The van der Waals surface area contributed by atoms with E-state index in [1.165, 1.54) is 24.1 Å². The van der Waals surface area contributed by atoms with E-state index in [-0.39, 0.29) is 17.4 Å². The molecule has 0 saturated carbocycles. The average molecular weight is 320 g/mol. The summed E-state index contributed by atoms with van der Waals surface area (Å²) in [7, 11) is 2.96. The van der Waals surface area contributed by atoms with E-state index in [4.69, 9.17) is 4.74 Å². The fourth-order valence-electron chi connectivity index (χ4n) is 1.72. The maximum absolute atomic E-state index is 13.6. The molecular formula is C13H12F4N2OS. The smallest absolute Gasteiger partial charge is 0.427 e. The molecular weight excluding hydrogens is 308 g/mol. The lowest BCUT2D eigenvalue weighted by atomic mass is 10.2. The average Bonchev–Trinajstić information content (AvgIpc) is 2.88. The standard InChI is InChI=1S/C13H12F4N2OS/c1-19(12-18-6-11(21-12)13(15,16)17)7-8-3-4-10(20-2)9(14)5-8/h3-6H,7H2,1-2H3. The Hall–Kier alpha value is -1.83. The van der Waals surface area contributed by atoms with Gasteiger partial charge in [-0.1, -0.05) is 17.4 Å². The third-order valence-electron chi connectivity index (χ3n) is 2.74. The van der Waals surface area contributed by atoms with Crippen LogP contribution in [-0.4, -0.2) is 19.1 Å². The van der Waals surface area contributed by atoms with Crippen LogP contribution in [0.1, 0.15) is 10.4 Å². The van der Waals surface area contributed by atoms with Crippen molar-refractivity contribution in [3.05, 3.63) is 40.7 Å². The second kappa shape index (κ2) is 5.88. The van der Waals surface area contributed by atoms with E-state index in [0.29, 0.717) is 16.9 Å². The van der Waals surface area contributed by atoms with Crippen molar-refractivity contribution in [3.63, 3.8) is 0 Å². The largest absolute Gasteiger partial charge is 0.494 e. The van der Waals surface area contributed by atoms with Crippen LogP contribution in [0.15, 0.2) is 24.4 Å². The summed E-state index contributed by atoms with van der Waals surface area (Å²) in [5.41, 5.74) is 0.611. The van der Waals surface area contributed by atoms with Crippen LogP contribution < -0.4 is 9.64 Å². The van der Waals surface area contributed by atoms with Crippen LogP contribution in [-0.2, 0) is 12.7 Å². The number of aromatic nitrogens is 1. The van der Waals surface area contributed by atoms with E-state index < -0.39 is 16.9 Å². The van der Waals surface area contributed by atoms with E-state index in [2.05, 4.69) is 4.98 Å². The second-order valence-corrected chi connectivity index (χ2v) is 5.34. The predicted octanol–water partition coefficient (Wildman–Crippen LogP) is 3.95. The van der Waals surface area contributed by atoms with Gasteiger partial charge in [-0.05, 0) is 17.7 Å². The Morgan fingerprint density at radius 2 is 2.05 bits per heavy atom. The molecule has 0 fully saturated rings. The number of alkyl halides is 3. The number of hydrogen-bond acceptors (Lipinski definition) is 4. The highest BCUT2D eigenvalue weighted by molar-refractivity contribution is 7.15.